The van der Waals surface area contributed by atoms with Crippen molar-refractivity contribution in [1.29, 1.82) is 0 Å². The molecule has 0 amide bonds. The lowest BCUT2D eigenvalue weighted by Crippen LogP contribution is -2.14. The molecule has 2 heterocycles. The van der Waals surface area contributed by atoms with Gasteiger partial charge in [-0.2, -0.15) is 11.3 Å². The van der Waals surface area contributed by atoms with Gasteiger partial charge in [-0.1, -0.05) is 0 Å². The van der Waals surface area contributed by atoms with Crippen molar-refractivity contribution in [2.45, 2.75) is 4.90 Å². The minimum absolute atomic E-state index is 0.0481. The van der Waals surface area contributed by atoms with Gasteiger partial charge in [0.2, 0.25) is 5.82 Å². The Kier molecular flexibility index (Phi) is 3.83. The van der Waals surface area contributed by atoms with E-state index in [1.54, 1.807) is 5.38 Å². The number of ether oxygens (including phenoxy) is 1. The highest BCUT2D eigenvalue weighted by Crippen LogP contribution is 2.24. The lowest BCUT2D eigenvalue weighted by atomic mass is 10.6. The van der Waals surface area contributed by atoms with Crippen molar-refractivity contribution in [2.75, 3.05) is 11.8 Å². The second-order valence-electron chi connectivity index (χ2n) is 3.12. The summed E-state index contributed by atoms with van der Waals surface area (Å²) in [5.74, 6) is 0.148. The molecule has 0 bridgehead atoms. The molecule has 9 heteroatoms. The van der Waals surface area contributed by atoms with Crippen molar-refractivity contribution in [3.63, 3.8) is 0 Å². The Hall–Kier alpha value is -1.19. The maximum Gasteiger partial charge on any atom is 0.264 e. The summed E-state index contributed by atoms with van der Waals surface area (Å²) < 4.78 is 31.7. The predicted octanol–water partition coefficient (Wildman–Crippen LogP) is 2.11. The van der Waals surface area contributed by atoms with Gasteiger partial charge >= 0.3 is 0 Å². The number of anilines is 1. The third-order valence-electron chi connectivity index (χ3n) is 1.94. The van der Waals surface area contributed by atoms with Gasteiger partial charge in [0.25, 0.3) is 15.9 Å². The third-order valence-corrected chi connectivity index (χ3v) is 4.49. The van der Waals surface area contributed by atoms with E-state index in [2.05, 4.69) is 30.6 Å². The molecule has 0 aliphatic rings. The number of thiophene rings is 1. The van der Waals surface area contributed by atoms with E-state index >= 15 is 0 Å². The van der Waals surface area contributed by atoms with Gasteiger partial charge < -0.3 is 4.74 Å². The number of rotatable bonds is 4. The van der Waals surface area contributed by atoms with Crippen LogP contribution in [0.15, 0.2) is 32.5 Å². The Balaban J connectivity index is 2.35. The summed E-state index contributed by atoms with van der Waals surface area (Å²) in [6.45, 7) is 0. The van der Waals surface area contributed by atoms with Gasteiger partial charge in [0.05, 0.1) is 18.2 Å². The third kappa shape index (κ3) is 2.79. The zero-order valence-electron chi connectivity index (χ0n) is 9.12. The first-order valence-corrected chi connectivity index (χ1v) is 7.86. The summed E-state index contributed by atoms with van der Waals surface area (Å²) in [6.07, 6.45) is 1.38. The fourth-order valence-electron chi connectivity index (χ4n) is 1.16. The average Bonchev–Trinajstić information content (AvgIpc) is 2.85. The number of halogens is 1. The molecule has 2 aromatic heterocycles. The van der Waals surface area contributed by atoms with Crippen LogP contribution in [0.4, 0.5) is 5.82 Å². The van der Waals surface area contributed by atoms with Gasteiger partial charge in [-0.05, 0) is 27.4 Å². The summed E-state index contributed by atoms with van der Waals surface area (Å²) in [4.78, 5) is 8.07. The molecule has 0 radical (unpaired) electrons. The topological polar surface area (TPSA) is 81.2 Å². The number of nitrogens with one attached hydrogen (secondary N) is 1. The summed E-state index contributed by atoms with van der Waals surface area (Å²) in [7, 11) is -2.27. The molecule has 96 valence electrons. The highest BCUT2D eigenvalue weighted by atomic mass is 79.9. The molecule has 0 atom stereocenters. The van der Waals surface area contributed by atoms with Crippen molar-refractivity contribution in [2.24, 2.45) is 0 Å². The first-order chi connectivity index (χ1) is 8.53. The molecule has 0 aromatic carbocycles. The van der Waals surface area contributed by atoms with Crippen molar-refractivity contribution < 1.29 is 13.2 Å². The van der Waals surface area contributed by atoms with Crippen molar-refractivity contribution in [3.8, 4) is 5.88 Å². The number of hydrogen-bond acceptors (Lipinski definition) is 6. The fraction of sp³-hybridized carbons (Fsp3) is 0.111. The number of hydrogen-bond donors (Lipinski definition) is 1. The molecule has 6 nitrogen and oxygen atoms in total. The summed E-state index contributed by atoms with van der Waals surface area (Å²) >= 11 is 4.42. The molecule has 0 fully saturated rings. The highest BCUT2D eigenvalue weighted by Gasteiger charge is 2.18. The van der Waals surface area contributed by atoms with Crippen LogP contribution in [-0.2, 0) is 10.0 Å². The SMILES string of the molecule is COc1nc(Br)cnc1NS(=O)(=O)c1ccsc1. The normalized spacial score (nSPS) is 11.2. The lowest BCUT2D eigenvalue weighted by Gasteiger charge is -2.08. The van der Waals surface area contributed by atoms with Gasteiger partial charge in [0, 0.05) is 5.38 Å². The maximum atomic E-state index is 12.0. The van der Waals surface area contributed by atoms with Crippen LogP contribution in [0.25, 0.3) is 0 Å². The summed E-state index contributed by atoms with van der Waals surface area (Å²) in [6, 6.07) is 1.51. The van der Waals surface area contributed by atoms with Gasteiger partial charge in [0.15, 0.2) is 0 Å². The van der Waals surface area contributed by atoms with Gasteiger partial charge in [-0.15, -0.1) is 0 Å². The van der Waals surface area contributed by atoms with Crippen LogP contribution in [-0.4, -0.2) is 25.5 Å². The van der Waals surface area contributed by atoms with Crippen LogP contribution in [0.2, 0.25) is 0 Å². The van der Waals surface area contributed by atoms with Crippen LogP contribution in [0.1, 0.15) is 0 Å². The van der Waals surface area contributed by atoms with Gasteiger partial charge in [-0.3, -0.25) is 4.72 Å². The largest absolute Gasteiger partial charge is 0.478 e. The monoisotopic (exact) mass is 349 g/mol. The molecular weight excluding hydrogens is 342 g/mol. The minimum Gasteiger partial charge on any atom is -0.478 e. The Morgan fingerprint density at radius 2 is 2.28 bits per heavy atom. The van der Waals surface area contributed by atoms with Gasteiger partial charge in [-0.25, -0.2) is 18.4 Å². The molecule has 2 rings (SSSR count). The van der Waals surface area contributed by atoms with E-state index in [4.69, 9.17) is 4.74 Å². The first-order valence-electron chi connectivity index (χ1n) is 4.64. The number of sulfonamides is 1. The first kappa shape index (κ1) is 13.2. The van der Waals surface area contributed by atoms with Gasteiger partial charge in [0.1, 0.15) is 4.60 Å². The Morgan fingerprint density at radius 1 is 1.50 bits per heavy atom. The molecule has 0 saturated carbocycles. The Labute approximate surface area is 116 Å². The minimum atomic E-state index is -3.65. The smallest absolute Gasteiger partial charge is 0.264 e. The van der Waals surface area contributed by atoms with Crippen molar-refractivity contribution >= 4 is 43.1 Å². The zero-order valence-corrected chi connectivity index (χ0v) is 12.3. The van der Waals surface area contributed by atoms with E-state index in [0.717, 1.165) is 0 Å². The Bertz CT molecular complexity index is 643. The summed E-state index contributed by atoms with van der Waals surface area (Å²) in [5, 5.41) is 3.21. The molecule has 0 saturated heterocycles. The van der Waals surface area contributed by atoms with E-state index in [1.165, 1.54) is 36.1 Å². The standard InChI is InChI=1S/C9H8BrN3O3S2/c1-16-9-8(11-4-7(10)12-9)13-18(14,15)6-2-3-17-5-6/h2-5H,1H3,(H,11,13). The van der Waals surface area contributed by atoms with Crippen LogP contribution in [0.5, 0.6) is 5.88 Å². The second-order valence-corrected chi connectivity index (χ2v) is 6.39. The van der Waals surface area contributed by atoms with Crippen molar-refractivity contribution in [1.82, 2.24) is 9.97 Å². The van der Waals surface area contributed by atoms with Crippen molar-refractivity contribution in [3.05, 3.63) is 27.6 Å². The quantitative estimate of drug-likeness (QED) is 0.913. The fourth-order valence-corrected chi connectivity index (χ4v) is 3.45. The Morgan fingerprint density at radius 3 is 2.89 bits per heavy atom. The molecule has 0 aliphatic carbocycles. The number of methoxy groups -OCH3 is 1. The van der Waals surface area contributed by atoms with Crippen LogP contribution in [0, 0.1) is 0 Å². The zero-order chi connectivity index (χ0) is 13.2. The average molecular weight is 350 g/mol. The molecule has 0 unspecified atom stereocenters. The lowest BCUT2D eigenvalue weighted by molar-refractivity contribution is 0.397. The van der Waals surface area contributed by atoms with Crippen LogP contribution in [0.3, 0.4) is 0 Å². The molecule has 0 spiro atoms. The van der Waals surface area contributed by atoms with Crippen LogP contribution < -0.4 is 9.46 Å². The van der Waals surface area contributed by atoms with E-state index in [-0.39, 0.29) is 16.6 Å². The predicted molar refractivity (Wildman–Crippen MR) is 71.4 cm³/mol. The molecule has 18 heavy (non-hydrogen) atoms. The summed E-state index contributed by atoms with van der Waals surface area (Å²) in [5.41, 5.74) is 0. The van der Waals surface area contributed by atoms with E-state index < -0.39 is 10.0 Å². The number of aromatic nitrogens is 2. The van der Waals surface area contributed by atoms with E-state index in [0.29, 0.717) is 4.60 Å². The molecule has 2 aromatic rings. The van der Waals surface area contributed by atoms with E-state index in [1.807, 2.05) is 0 Å². The maximum absolute atomic E-state index is 12.0. The highest BCUT2D eigenvalue weighted by molar-refractivity contribution is 9.10. The molecule has 1 N–H and O–H groups in total. The number of nitrogens with zero attached hydrogens (tertiary/aromatic N) is 2. The molecular formula is C9H8BrN3O3S2. The van der Waals surface area contributed by atoms with Crippen LogP contribution >= 0.6 is 27.3 Å². The molecule has 0 aliphatic heterocycles. The van der Waals surface area contributed by atoms with E-state index in [9.17, 15) is 8.42 Å². The second kappa shape index (κ2) is 5.21.